The molecule has 0 unspecified atom stereocenters. The zero-order valence-corrected chi connectivity index (χ0v) is 15.0. The molecule has 1 amide bonds. The van der Waals surface area contributed by atoms with Crippen LogP contribution in [-0.2, 0) is 14.6 Å². The Labute approximate surface area is 146 Å². The number of methoxy groups -OCH3 is 1. The van der Waals surface area contributed by atoms with Crippen LogP contribution in [0.4, 0.5) is 0 Å². The molecule has 1 heterocycles. The molecule has 1 saturated carbocycles. The van der Waals surface area contributed by atoms with Gasteiger partial charge in [-0.15, -0.1) is 0 Å². The van der Waals surface area contributed by atoms with Crippen LogP contribution in [0.15, 0.2) is 23.1 Å². The molecule has 7 nitrogen and oxygen atoms in total. The number of ether oxygens (including phenoxy) is 1. The molecule has 136 valence electrons. The van der Waals surface area contributed by atoms with Crippen LogP contribution < -0.4 is 4.74 Å². The van der Waals surface area contributed by atoms with Crippen molar-refractivity contribution in [3.63, 3.8) is 0 Å². The van der Waals surface area contributed by atoms with Gasteiger partial charge in [0.2, 0.25) is 0 Å². The highest BCUT2D eigenvalue weighted by Crippen LogP contribution is 2.44. The first-order valence-corrected chi connectivity index (χ1v) is 10.0. The van der Waals surface area contributed by atoms with Gasteiger partial charge in [0.1, 0.15) is 5.75 Å². The zero-order chi connectivity index (χ0) is 18.4. The maximum Gasteiger partial charge on any atom is 0.308 e. The fourth-order valence-corrected chi connectivity index (χ4v) is 4.16. The Hall–Kier alpha value is -2.09. The van der Waals surface area contributed by atoms with Crippen molar-refractivity contribution in [2.45, 2.75) is 17.7 Å². The van der Waals surface area contributed by atoms with Crippen molar-refractivity contribution in [3.8, 4) is 5.75 Å². The van der Waals surface area contributed by atoms with E-state index in [9.17, 15) is 23.1 Å². The van der Waals surface area contributed by atoms with Crippen LogP contribution in [0.3, 0.4) is 0 Å². The highest BCUT2D eigenvalue weighted by atomic mass is 32.2. The maximum atomic E-state index is 12.9. The van der Waals surface area contributed by atoms with Crippen molar-refractivity contribution in [1.82, 2.24) is 4.90 Å². The third-order valence-electron chi connectivity index (χ3n) is 5.03. The van der Waals surface area contributed by atoms with Crippen LogP contribution in [0.1, 0.15) is 23.2 Å². The first-order valence-electron chi connectivity index (χ1n) is 8.12. The molecular weight excluding hydrogens is 346 g/mol. The molecule has 1 N–H and O–H groups in total. The summed E-state index contributed by atoms with van der Waals surface area (Å²) < 4.78 is 28.7. The van der Waals surface area contributed by atoms with Crippen LogP contribution in [0.2, 0.25) is 0 Å². The number of likely N-dealkylation sites (tertiary alicyclic amines) is 1. The highest BCUT2D eigenvalue weighted by Gasteiger charge is 2.47. The fourth-order valence-electron chi connectivity index (χ4n) is 3.51. The molecule has 1 aliphatic heterocycles. The summed E-state index contributed by atoms with van der Waals surface area (Å²) in [7, 11) is -2.06. The van der Waals surface area contributed by atoms with E-state index in [1.54, 1.807) is 0 Å². The van der Waals surface area contributed by atoms with E-state index in [4.69, 9.17) is 4.74 Å². The number of hydrogen-bond acceptors (Lipinski definition) is 5. The zero-order valence-electron chi connectivity index (χ0n) is 14.1. The lowest BCUT2D eigenvalue weighted by molar-refractivity contribution is -0.142. The Morgan fingerprint density at radius 1 is 1.24 bits per heavy atom. The van der Waals surface area contributed by atoms with Crippen LogP contribution >= 0.6 is 0 Å². The SMILES string of the molecule is COc1ccc(S(C)(=O)=O)cc1C(=O)N1C[C@H](C(=O)O)[C@@H](C2CC2)C1. The minimum atomic E-state index is -3.47. The summed E-state index contributed by atoms with van der Waals surface area (Å²) in [6.07, 6.45) is 3.08. The molecule has 1 aromatic carbocycles. The Morgan fingerprint density at radius 2 is 1.92 bits per heavy atom. The second kappa shape index (κ2) is 6.33. The van der Waals surface area contributed by atoms with Crippen molar-refractivity contribution in [2.75, 3.05) is 26.5 Å². The number of benzene rings is 1. The first-order chi connectivity index (χ1) is 11.7. The number of nitrogens with zero attached hydrogens (tertiary/aromatic N) is 1. The lowest BCUT2D eigenvalue weighted by Crippen LogP contribution is -2.30. The molecule has 1 aromatic rings. The Morgan fingerprint density at radius 3 is 2.44 bits per heavy atom. The van der Waals surface area contributed by atoms with Gasteiger partial charge in [-0.25, -0.2) is 8.42 Å². The molecule has 0 bridgehead atoms. The van der Waals surface area contributed by atoms with Crippen molar-refractivity contribution in [3.05, 3.63) is 23.8 Å². The smallest absolute Gasteiger partial charge is 0.308 e. The predicted molar refractivity (Wildman–Crippen MR) is 89.3 cm³/mol. The van der Waals surface area contributed by atoms with Crippen LogP contribution in [0.5, 0.6) is 5.75 Å². The van der Waals surface area contributed by atoms with Crippen molar-refractivity contribution in [2.24, 2.45) is 17.8 Å². The minimum Gasteiger partial charge on any atom is -0.496 e. The fraction of sp³-hybridized carbons (Fsp3) is 0.529. The predicted octanol–water partition coefficient (Wildman–Crippen LogP) is 1.28. The average Bonchev–Trinajstić information content (AvgIpc) is 3.30. The normalized spacial score (nSPS) is 23.5. The van der Waals surface area contributed by atoms with Crippen molar-refractivity contribution < 1.29 is 27.9 Å². The van der Waals surface area contributed by atoms with E-state index in [1.807, 2.05) is 0 Å². The van der Waals surface area contributed by atoms with Gasteiger partial charge in [0.15, 0.2) is 9.84 Å². The van der Waals surface area contributed by atoms with E-state index in [1.165, 1.54) is 30.2 Å². The summed E-state index contributed by atoms with van der Waals surface area (Å²) >= 11 is 0. The molecule has 2 fully saturated rings. The molecule has 1 aliphatic carbocycles. The standard InChI is InChI=1S/C17H21NO6S/c1-24-15-6-5-11(25(2,22)23)7-12(15)16(19)18-8-13(10-3-4-10)14(9-18)17(20)21/h5-7,10,13-14H,3-4,8-9H2,1-2H3,(H,20,21)/t13-,14+/m1/s1. The molecule has 2 atom stereocenters. The van der Waals surface area contributed by atoms with E-state index in [-0.39, 0.29) is 28.7 Å². The van der Waals surface area contributed by atoms with E-state index >= 15 is 0 Å². The number of aliphatic carboxylic acids is 1. The van der Waals surface area contributed by atoms with Gasteiger partial charge in [0.25, 0.3) is 5.91 Å². The van der Waals surface area contributed by atoms with Crippen molar-refractivity contribution >= 4 is 21.7 Å². The molecule has 0 aromatic heterocycles. The van der Waals surface area contributed by atoms with E-state index in [0.29, 0.717) is 12.5 Å². The second-order valence-electron chi connectivity index (χ2n) is 6.79. The third kappa shape index (κ3) is 3.49. The summed E-state index contributed by atoms with van der Waals surface area (Å²) in [6.45, 7) is 0.522. The van der Waals surface area contributed by atoms with Gasteiger partial charge in [0.05, 0.1) is 23.5 Å². The van der Waals surface area contributed by atoms with E-state index in [0.717, 1.165) is 19.1 Å². The molecule has 3 rings (SSSR count). The van der Waals surface area contributed by atoms with Gasteiger partial charge in [0, 0.05) is 19.3 Å². The number of rotatable bonds is 5. The summed E-state index contributed by atoms with van der Waals surface area (Å²) in [5.74, 6) is -1.24. The lowest BCUT2D eigenvalue weighted by Gasteiger charge is -2.18. The molecule has 0 spiro atoms. The van der Waals surface area contributed by atoms with Crippen LogP contribution in [0, 0.1) is 17.8 Å². The van der Waals surface area contributed by atoms with Gasteiger partial charge in [-0.05, 0) is 42.9 Å². The van der Waals surface area contributed by atoms with Crippen molar-refractivity contribution in [1.29, 1.82) is 0 Å². The molecular formula is C17H21NO6S. The number of carbonyl (C=O) groups excluding carboxylic acids is 1. The Kier molecular flexibility index (Phi) is 4.49. The van der Waals surface area contributed by atoms with Gasteiger partial charge < -0.3 is 14.7 Å². The number of hydrogen-bond donors (Lipinski definition) is 1. The molecule has 8 heteroatoms. The first kappa shape index (κ1) is 17.7. The summed E-state index contributed by atoms with van der Waals surface area (Å²) in [5.41, 5.74) is 0.144. The van der Waals surface area contributed by atoms with Gasteiger partial charge in [-0.2, -0.15) is 0 Å². The second-order valence-corrected chi connectivity index (χ2v) is 8.81. The number of sulfone groups is 1. The van der Waals surface area contributed by atoms with E-state index in [2.05, 4.69) is 0 Å². The van der Waals surface area contributed by atoms with Crippen LogP contribution in [-0.4, -0.2) is 56.8 Å². The Balaban J connectivity index is 1.91. The van der Waals surface area contributed by atoms with Gasteiger partial charge in [-0.3, -0.25) is 9.59 Å². The third-order valence-corrected chi connectivity index (χ3v) is 6.14. The minimum absolute atomic E-state index is 0.0318. The average molecular weight is 367 g/mol. The quantitative estimate of drug-likeness (QED) is 0.841. The summed E-state index contributed by atoms with van der Waals surface area (Å²) in [4.78, 5) is 26.0. The number of carboxylic acid groups (broad SMARTS) is 1. The topological polar surface area (TPSA) is 101 Å². The number of amides is 1. The largest absolute Gasteiger partial charge is 0.496 e. The number of carbonyl (C=O) groups is 2. The van der Waals surface area contributed by atoms with Crippen LogP contribution in [0.25, 0.3) is 0 Å². The summed E-state index contributed by atoms with van der Waals surface area (Å²) in [5, 5.41) is 9.44. The van der Waals surface area contributed by atoms with Gasteiger partial charge >= 0.3 is 5.97 Å². The monoisotopic (exact) mass is 367 g/mol. The highest BCUT2D eigenvalue weighted by molar-refractivity contribution is 7.90. The molecule has 25 heavy (non-hydrogen) atoms. The summed E-state index contributed by atoms with van der Waals surface area (Å²) in [6, 6.07) is 4.14. The molecule has 0 radical (unpaired) electrons. The van der Waals surface area contributed by atoms with E-state index < -0.39 is 27.6 Å². The maximum absolute atomic E-state index is 12.9. The van der Waals surface area contributed by atoms with Gasteiger partial charge in [-0.1, -0.05) is 0 Å². The molecule has 1 saturated heterocycles. The number of carboxylic acids is 1. The lowest BCUT2D eigenvalue weighted by atomic mass is 9.92. The Bertz CT molecular complexity index is 814. The molecule has 2 aliphatic rings.